The third-order valence-corrected chi connectivity index (χ3v) is 4.06. The number of hydrogen-bond acceptors (Lipinski definition) is 4. The fraction of sp³-hybridized carbons (Fsp3) is 0.400. The SMILES string of the molecule is CCCNC(c1ccc(C)s1)c1ccncc1OC. The molecule has 0 aliphatic carbocycles. The van der Waals surface area contributed by atoms with Crippen LogP contribution in [0.25, 0.3) is 0 Å². The van der Waals surface area contributed by atoms with Gasteiger partial charge in [-0.1, -0.05) is 6.92 Å². The zero-order valence-corrected chi connectivity index (χ0v) is 12.5. The maximum Gasteiger partial charge on any atom is 0.142 e. The number of methoxy groups -OCH3 is 1. The molecule has 102 valence electrons. The molecule has 19 heavy (non-hydrogen) atoms. The Kier molecular flexibility index (Phi) is 4.93. The Morgan fingerprint density at radius 1 is 1.37 bits per heavy atom. The molecule has 0 spiro atoms. The van der Waals surface area contributed by atoms with Crippen LogP contribution in [0.4, 0.5) is 0 Å². The van der Waals surface area contributed by atoms with Gasteiger partial charge < -0.3 is 10.1 Å². The predicted molar refractivity (Wildman–Crippen MR) is 80.0 cm³/mol. The van der Waals surface area contributed by atoms with Gasteiger partial charge >= 0.3 is 0 Å². The number of nitrogens with zero attached hydrogens (tertiary/aromatic N) is 1. The summed E-state index contributed by atoms with van der Waals surface area (Å²) in [6.45, 7) is 5.29. The van der Waals surface area contributed by atoms with Crippen molar-refractivity contribution in [2.45, 2.75) is 26.3 Å². The summed E-state index contributed by atoms with van der Waals surface area (Å²) in [6, 6.07) is 6.56. The molecule has 1 unspecified atom stereocenters. The fourth-order valence-electron chi connectivity index (χ4n) is 2.06. The maximum atomic E-state index is 5.44. The zero-order chi connectivity index (χ0) is 13.7. The lowest BCUT2D eigenvalue weighted by Gasteiger charge is -2.19. The first-order valence-electron chi connectivity index (χ1n) is 6.54. The van der Waals surface area contributed by atoms with Crippen LogP contribution in [-0.4, -0.2) is 18.6 Å². The van der Waals surface area contributed by atoms with E-state index in [9.17, 15) is 0 Å². The van der Waals surface area contributed by atoms with Crippen LogP contribution < -0.4 is 10.1 Å². The summed E-state index contributed by atoms with van der Waals surface area (Å²) >= 11 is 1.82. The zero-order valence-electron chi connectivity index (χ0n) is 11.6. The van der Waals surface area contributed by atoms with Gasteiger partial charge in [0.15, 0.2) is 0 Å². The van der Waals surface area contributed by atoms with Crippen molar-refractivity contribution in [3.05, 3.63) is 45.9 Å². The number of aromatic nitrogens is 1. The van der Waals surface area contributed by atoms with Crippen LogP contribution >= 0.6 is 11.3 Å². The van der Waals surface area contributed by atoms with E-state index in [4.69, 9.17) is 4.74 Å². The monoisotopic (exact) mass is 276 g/mol. The van der Waals surface area contributed by atoms with Crippen LogP contribution in [0, 0.1) is 6.92 Å². The second-order valence-corrected chi connectivity index (χ2v) is 5.77. The first kappa shape index (κ1) is 14.0. The highest BCUT2D eigenvalue weighted by molar-refractivity contribution is 7.12. The Morgan fingerprint density at radius 3 is 2.84 bits per heavy atom. The highest BCUT2D eigenvalue weighted by Crippen LogP contribution is 2.32. The van der Waals surface area contributed by atoms with Gasteiger partial charge in [0.25, 0.3) is 0 Å². The summed E-state index contributed by atoms with van der Waals surface area (Å²) in [5.74, 6) is 0.835. The lowest BCUT2D eigenvalue weighted by Crippen LogP contribution is -2.23. The quantitative estimate of drug-likeness (QED) is 0.876. The number of thiophene rings is 1. The normalized spacial score (nSPS) is 12.4. The number of rotatable bonds is 6. The molecule has 2 rings (SSSR count). The minimum atomic E-state index is 0.177. The second-order valence-electron chi connectivity index (χ2n) is 4.45. The average molecular weight is 276 g/mol. The predicted octanol–water partition coefficient (Wildman–Crippen LogP) is 3.55. The summed E-state index contributed by atoms with van der Waals surface area (Å²) in [6.07, 6.45) is 4.70. The van der Waals surface area contributed by atoms with E-state index < -0.39 is 0 Å². The minimum absolute atomic E-state index is 0.177. The average Bonchev–Trinajstić information content (AvgIpc) is 2.86. The molecule has 0 saturated heterocycles. The Hall–Kier alpha value is -1.39. The number of nitrogens with one attached hydrogen (secondary N) is 1. The molecule has 0 aliphatic heterocycles. The van der Waals surface area contributed by atoms with Crippen molar-refractivity contribution in [2.24, 2.45) is 0 Å². The molecule has 0 amide bonds. The molecule has 1 atom stereocenters. The van der Waals surface area contributed by atoms with E-state index in [1.807, 2.05) is 23.6 Å². The highest BCUT2D eigenvalue weighted by Gasteiger charge is 2.18. The molecule has 0 aliphatic rings. The van der Waals surface area contributed by atoms with Crippen LogP contribution in [-0.2, 0) is 0 Å². The topological polar surface area (TPSA) is 34.2 Å². The Balaban J connectivity index is 2.36. The molecule has 2 heterocycles. The maximum absolute atomic E-state index is 5.44. The lowest BCUT2D eigenvalue weighted by molar-refractivity contribution is 0.402. The van der Waals surface area contributed by atoms with E-state index in [0.29, 0.717) is 0 Å². The molecule has 0 bridgehead atoms. The van der Waals surface area contributed by atoms with E-state index in [0.717, 1.165) is 24.3 Å². The largest absolute Gasteiger partial charge is 0.495 e. The molecular weight excluding hydrogens is 256 g/mol. The smallest absolute Gasteiger partial charge is 0.142 e. The van der Waals surface area contributed by atoms with Crippen molar-refractivity contribution >= 4 is 11.3 Å². The van der Waals surface area contributed by atoms with Gasteiger partial charge in [0, 0.05) is 21.5 Å². The first-order valence-corrected chi connectivity index (χ1v) is 7.35. The van der Waals surface area contributed by atoms with Gasteiger partial charge in [-0.2, -0.15) is 0 Å². The van der Waals surface area contributed by atoms with Crippen molar-refractivity contribution in [3.63, 3.8) is 0 Å². The van der Waals surface area contributed by atoms with E-state index in [-0.39, 0.29) is 6.04 Å². The second kappa shape index (κ2) is 6.68. The first-order chi connectivity index (χ1) is 9.26. The molecule has 2 aromatic rings. The van der Waals surface area contributed by atoms with Gasteiger partial charge in [0.2, 0.25) is 0 Å². The molecule has 2 aromatic heterocycles. The lowest BCUT2D eigenvalue weighted by atomic mass is 10.1. The number of ether oxygens (including phenoxy) is 1. The van der Waals surface area contributed by atoms with E-state index >= 15 is 0 Å². The van der Waals surface area contributed by atoms with E-state index in [1.54, 1.807) is 13.3 Å². The Bertz CT molecular complexity index is 524. The number of aryl methyl sites for hydroxylation is 1. The number of hydrogen-bond donors (Lipinski definition) is 1. The minimum Gasteiger partial charge on any atom is -0.495 e. The molecule has 1 N–H and O–H groups in total. The van der Waals surface area contributed by atoms with Crippen molar-refractivity contribution < 1.29 is 4.74 Å². The van der Waals surface area contributed by atoms with Crippen molar-refractivity contribution in [1.82, 2.24) is 10.3 Å². The van der Waals surface area contributed by atoms with Gasteiger partial charge in [-0.05, 0) is 38.1 Å². The van der Waals surface area contributed by atoms with Crippen molar-refractivity contribution in [1.29, 1.82) is 0 Å². The highest BCUT2D eigenvalue weighted by atomic mass is 32.1. The van der Waals surface area contributed by atoms with Gasteiger partial charge in [0.1, 0.15) is 5.75 Å². The van der Waals surface area contributed by atoms with Crippen LogP contribution in [0.3, 0.4) is 0 Å². The molecule has 0 aromatic carbocycles. The van der Waals surface area contributed by atoms with Crippen molar-refractivity contribution in [2.75, 3.05) is 13.7 Å². The molecule has 0 saturated carbocycles. The number of pyridine rings is 1. The van der Waals surface area contributed by atoms with Crippen molar-refractivity contribution in [3.8, 4) is 5.75 Å². The standard InChI is InChI=1S/C15H20N2OS/c1-4-8-17-15(14-6-5-11(2)19-14)12-7-9-16-10-13(12)18-3/h5-7,9-10,15,17H,4,8H2,1-3H3. The molecule has 3 nitrogen and oxygen atoms in total. The van der Waals surface area contributed by atoms with Crippen LogP contribution in [0.5, 0.6) is 5.75 Å². The summed E-state index contributed by atoms with van der Waals surface area (Å²) in [4.78, 5) is 6.77. The summed E-state index contributed by atoms with van der Waals surface area (Å²) in [7, 11) is 1.69. The fourth-order valence-corrected chi connectivity index (χ4v) is 3.03. The molecular formula is C15H20N2OS. The summed E-state index contributed by atoms with van der Waals surface area (Å²) in [5.41, 5.74) is 1.15. The summed E-state index contributed by atoms with van der Waals surface area (Å²) in [5, 5.41) is 3.59. The van der Waals surface area contributed by atoms with Gasteiger partial charge in [-0.3, -0.25) is 4.98 Å². The van der Waals surface area contributed by atoms with Crippen LogP contribution in [0.15, 0.2) is 30.6 Å². The van der Waals surface area contributed by atoms with Crippen LogP contribution in [0.2, 0.25) is 0 Å². The van der Waals surface area contributed by atoms with Crippen LogP contribution in [0.1, 0.15) is 34.7 Å². The van der Waals surface area contributed by atoms with Gasteiger partial charge in [0.05, 0.1) is 19.3 Å². The molecule has 0 radical (unpaired) electrons. The Labute approximate surface area is 118 Å². The van der Waals surface area contributed by atoms with E-state index in [1.165, 1.54) is 9.75 Å². The third-order valence-electron chi connectivity index (χ3n) is 2.99. The van der Waals surface area contributed by atoms with E-state index in [2.05, 4.69) is 36.3 Å². The van der Waals surface area contributed by atoms with Gasteiger partial charge in [-0.25, -0.2) is 0 Å². The summed E-state index contributed by atoms with van der Waals surface area (Å²) < 4.78 is 5.44. The third kappa shape index (κ3) is 3.33. The van der Waals surface area contributed by atoms with Gasteiger partial charge in [-0.15, -0.1) is 11.3 Å². The molecule has 0 fully saturated rings. The Morgan fingerprint density at radius 2 is 2.21 bits per heavy atom. The molecule has 4 heteroatoms.